The molecule has 0 saturated carbocycles. The minimum atomic E-state index is -0.202. The Kier molecular flexibility index (Phi) is 5.63. The largest absolute Gasteiger partial charge is 0.385 e. The van der Waals surface area contributed by atoms with Crippen molar-refractivity contribution in [3.8, 4) is 10.6 Å². The number of ether oxygens (including phenoxy) is 1. The Morgan fingerprint density at radius 2 is 2.08 bits per heavy atom. The number of urea groups is 1. The molecular formula is C19H21N3O2S. The lowest BCUT2D eigenvalue weighted by Crippen LogP contribution is -2.30. The van der Waals surface area contributed by atoms with E-state index >= 15 is 0 Å². The molecule has 0 aliphatic carbocycles. The number of nitrogens with zero attached hydrogens (tertiary/aromatic N) is 1. The number of hydrogen-bond donors (Lipinski definition) is 2. The van der Waals surface area contributed by atoms with Crippen LogP contribution < -0.4 is 10.6 Å². The van der Waals surface area contributed by atoms with Gasteiger partial charge < -0.3 is 15.4 Å². The molecule has 0 bridgehead atoms. The zero-order chi connectivity index (χ0) is 17.6. The van der Waals surface area contributed by atoms with Crippen molar-refractivity contribution in [3.05, 3.63) is 48.0 Å². The van der Waals surface area contributed by atoms with Gasteiger partial charge in [-0.05, 0) is 49.2 Å². The molecule has 3 aromatic rings. The van der Waals surface area contributed by atoms with Gasteiger partial charge in [-0.1, -0.05) is 12.1 Å². The first-order valence-electron chi connectivity index (χ1n) is 8.18. The normalized spacial score (nSPS) is 10.8. The third-order valence-electron chi connectivity index (χ3n) is 3.83. The number of aryl methyl sites for hydroxylation is 1. The summed E-state index contributed by atoms with van der Waals surface area (Å²) in [5, 5.41) is 6.69. The van der Waals surface area contributed by atoms with Crippen LogP contribution in [0.4, 0.5) is 10.5 Å². The number of anilines is 1. The minimum absolute atomic E-state index is 0.202. The van der Waals surface area contributed by atoms with Crippen LogP contribution in [0.25, 0.3) is 20.8 Å². The second-order valence-corrected chi connectivity index (χ2v) is 6.77. The van der Waals surface area contributed by atoms with E-state index in [4.69, 9.17) is 4.74 Å². The number of benzene rings is 2. The van der Waals surface area contributed by atoms with E-state index in [1.807, 2.05) is 37.3 Å². The van der Waals surface area contributed by atoms with E-state index < -0.39 is 0 Å². The van der Waals surface area contributed by atoms with Crippen molar-refractivity contribution in [2.45, 2.75) is 13.3 Å². The average molecular weight is 355 g/mol. The van der Waals surface area contributed by atoms with Crippen molar-refractivity contribution < 1.29 is 9.53 Å². The van der Waals surface area contributed by atoms with Gasteiger partial charge in [0.05, 0.1) is 10.2 Å². The van der Waals surface area contributed by atoms with Gasteiger partial charge in [0.15, 0.2) is 0 Å². The van der Waals surface area contributed by atoms with Crippen LogP contribution in [0.2, 0.25) is 0 Å². The first kappa shape index (κ1) is 17.4. The van der Waals surface area contributed by atoms with Crippen LogP contribution in [-0.2, 0) is 4.74 Å². The fourth-order valence-corrected chi connectivity index (χ4v) is 3.48. The number of thiazole rings is 1. The first-order chi connectivity index (χ1) is 12.2. The van der Waals surface area contributed by atoms with Crippen molar-refractivity contribution in [1.29, 1.82) is 0 Å². The molecule has 5 nitrogen and oxygen atoms in total. The fraction of sp³-hybridized carbons (Fsp3) is 0.263. The molecule has 1 heterocycles. The van der Waals surface area contributed by atoms with Crippen LogP contribution in [0.5, 0.6) is 0 Å². The monoisotopic (exact) mass is 355 g/mol. The van der Waals surface area contributed by atoms with Gasteiger partial charge in [0.1, 0.15) is 5.01 Å². The smallest absolute Gasteiger partial charge is 0.319 e. The SMILES string of the molecule is COCCCNC(=O)Nc1ccc(-c2nc3ccccc3s2)cc1C. The van der Waals surface area contributed by atoms with Crippen molar-refractivity contribution in [2.24, 2.45) is 0 Å². The van der Waals surface area contributed by atoms with Crippen LogP contribution in [0.3, 0.4) is 0 Å². The number of hydrogen-bond acceptors (Lipinski definition) is 4. The molecule has 0 aliphatic rings. The summed E-state index contributed by atoms with van der Waals surface area (Å²) < 4.78 is 6.14. The molecule has 3 rings (SSSR count). The molecule has 0 unspecified atom stereocenters. The second kappa shape index (κ2) is 8.09. The molecule has 0 saturated heterocycles. The molecular weight excluding hydrogens is 334 g/mol. The molecule has 25 heavy (non-hydrogen) atoms. The summed E-state index contributed by atoms with van der Waals surface area (Å²) in [6.45, 7) is 3.20. The molecule has 6 heteroatoms. The zero-order valence-electron chi connectivity index (χ0n) is 14.3. The van der Waals surface area contributed by atoms with Crippen molar-refractivity contribution in [3.63, 3.8) is 0 Å². The number of carbonyl (C=O) groups is 1. The topological polar surface area (TPSA) is 63.2 Å². The number of fused-ring (bicyclic) bond motifs is 1. The van der Waals surface area contributed by atoms with Crippen LogP contribution in [0.15, 0.2) is 42.5 Å². The number of amides is 2. The summed E-state index contributed by atoms with van der Waals surface area (Å²) in [5.41, 5.74) is 3.88. The summed E-state index contributed by atoms with van der Waals surface area (Å²) >= 11 is 1.67. The van der Waals surface area contributed by atoms with Crippen LogP contribution in [0.1, 0.15) is 12.0 Å². The van der Waals surface area contributed by atoms with Gasteiger partial charge in [0.25, 0.3) is 0 Å². The lowest BCUT2D eigenvalue weighted by molar-refractivity contribution is 0.194. The van der Waals surface area contributed by atoms with Gasteiger partial charge in [0, 0.05) is 31.5 Å². The van der Waals surface area contributed by atoms with Crippen LogP contribution in [0, 0.1) is 6.92 Å². The zero-order valence-corrected chi connectivity index (χ0v) is 15.2. The third kappa shape index (κ3) is 4.35. The summed E-state index contributed by atoms with van der Waals surface area (Å²) in [6.07, 6.45) is 0.791. The highest BCUT2D eigenvalue weighted by atomic mass is 32.1. The molecule has 0 aliphatic heterocycles. The van der Waals surface area contributed by atoms with E-state index in [1.165, 1.54) is 4.70 Å². The Labute approximate surface area is 151 Å². The number of aromatic nitrogens is 1. The molecule has 1 aromatic heterocycles. The molecule has 2 amide bonds. The van der Waals surface area contributed by atoms with Crippen molar-refractivity contribution >= 4 is 33.3 Å². The van der Waals surface area contributed by atoms with Gasteiger partial charge in [-0.15, -0.1) is 11.3 Å². The molecule has 130 valence electrons. The highest BCUT2D eigenvalue weighted by Gasteiger charge is 2.09. The summed E-state index contributed by atoms with van der Waals surface area (Å²) in [7, 11) is 1.65. The molecule has 0 fully saturated rings. The van der Waals surface area contributed by atoms with Crippen LogP contribution >= 0.6 is 11.3 Å². The number of methoxy groups -OCH3 is 1. The maximum absolute atomic E-state index is 11.9. The van der Waals surface area contributed by atoms with Gasteiger partial charge in [-0.3, -0.25) is 0 Å². The van der Waals surface area contributed by atoms with E-state index in [2.05, 4.69) is 27.8 Å². The van der Waals surface area contributed by atoms with Crippen molar-refractivity contribution in [2.75, 3.05) is 25.6 Å². The van der Waals surface area contributed by atoms with E-state index in [0.717, 1.165) is 33.8 Å². The molecule has 0 radical (unpaired) electrons. The Morgan fingerprint density at radius 1 is 1.24 bits per heavy atom. The number of para-hydroxylation sites is 1. The number of carbonyl (C=O) groups excluding carboxylic acids is 1. The van der Waals surface area contributed by atoms with E-state index in [0.29, 0.717) is 13.2 Å². The molecule has 2 N–H and O–H groups in total. The van der Waals surface area contributed by atoms with Gasteiger partial charge in [0.2, 0.25) is 0 Å². The maximum Gasteiger partial charge on any atom is 0.319 e. The molecule has 2 aromatic carbocycles. The second-order valence-electron chi connectivity index (χ2n) is 5.74. The maximum atomic E-state index is 11.9. The minimum Gasteiger partial charge on any atom is -0.385 e. The summed E-state index contributed by atoms with van der Waals surface area (Å²) in [5.74, 6) is 0. The average Bonchev–Trinajstić information content (AvgIpc) is 3.04. The summed E-state index contributed by atoms with van der Waals surface area (Å²) in [4.78, 5) is 16.6. The fourth-order valence-electron chi connectivity index (χ4n) is 2.52. The predicted octanol–water partition coefficient (Wildman–Crippen LogP) is 4.43. The van der Waals surface area contributed by atoms with Gasteiger partial charge >= 0.3 is 6.03 Å². The Morgan fingerprint density at radius 3 is 2.84 bits per heavy atom. The highest BCUT2D eigenvalue weighted by molar-refractivity contribution is 7.21. The summed E-state index contributed by atoms with van der Waals surface area (Å²) in [6, 6.07) is 13.9. The van der Waals surface area contributed by atoms with Crippen LogP contribution in [-0.4, -0.2) is 31.3 Å². The van der Waals surface area contributed by atoms with E-state index in [1.54, 1.807) is 18.4 Å². The quantitative estimate of drug-likeness (QED) is 0.643. The lowest BCUT2D eigenvalue weighted by atomic mass is 10.1. The van der Waals surface area contributed by atoms with E-state index in [9.17, 15) is 4.79 Å². The Bertz CT molecular complexity index is 843. The number of rotatable bonds is 6. The van der Waals surface area contributed by atoms with Gasteiger partial charge in [-0.2, -0.15) is 0 Å². The molecule has 0 spiro atoms. The lowest BCUT2D eigenvalue weighted by Gasteiger charge is -2.10. The predicted molar refractivity (Wildman–Crippen MR) is 103 cm³/mol. The van der Waals surface area contributed by atoms with Crippen molar-refractivity contribution in [1.82, 2.24) is 10.3 Å². The van der Waals surface area contributed by atoms with Gasteiger partial charge in [-0.25, -0.2) is 9.78 Å². The first-order valence-corrected chi connectivity index (χ1v) is 8.99. The Hall–Kier alpha value is -2.44. The number of nitrogens with one attached hydrogen (secondary N) is 2. The third-order valence-corrected chi connectivity index (χ3v) is 4.91. The molecule has 0 atom stereocenters. The highest BCUT2D eigenvalue weighted by Crippen LogP contribution is 2.31. The Balaban J connectivity index is 1.69. The standard InChI is InChI=1S/C19H21N3O2S/c1-13-12-14(18-21-16-6-3-4-7-17(16)25-18)8-9-15(13)22-19(23)20-10-5-11-24-2/h3-4,6-9,12H,5,10-11H2,1-2H3,(H2,20,22,23). The van der Waals surface area contributed by atoms with E-state index in [-0.39, 0.29) is 6.03 Å².